The first-order valence-corrected chi connectivity index (χ1v) is 6.16. The van der Waals surface area contributed by atoms with Crippen molar-refractivity contribution in [3.8, 4) is 0 Å². The highest BCUT2D eigenvalue weighted by Gasteiger charge is 2.35. The van der Waals surface area contributed by atoms with Crippen LogP contribution in [0.15, 0.2) is 11.1 Å². The lowest BCUT2D eigenvalue weighted by molar-refractivity contribution is -0.0432. The standard InChI is InChI=1S/C11H15N5O4/c1-15-10(19)8-9(14-11(15)12)16(4-13-8)7-2-5(18)6(3-17)20-7/h4-7,17-18H,2-3H2,1H3,(H2,12,14)/t5?,6-,7-/m1/s1. The Labute approximate surface area is 113 Å². The predicted octanol–water partition coefficient (Wildman–Crippen LogP) is -1.65. The van der Waals surface area contributed by atoms with E-state index in [9.17, 15) is 9.90 Å². The molecule has 1 fully saturated rings. The fraction of sp³-hybridized carbons (Fsp3) is 0.545. The van der Waals surface area contributed by atoms with Crippen LogP contribution in [0, 0.1) is 0 Å². The van der Waals surface area contributed by atoms with Crippen LogP contribution in [0.5, 0.6) is 0 Å². The van der Waals surface area contributed by atoms with Crippen molar-refractivity contribution in [3.05, 3.63) is 16.7 Å². The van der Waals surface area contributed by atoms with E-state index in [1.165, 1.54) is 17.9 Å². The number of aromatic nitrogens is 4. The number of aliphatic hydroxyl groups is 2. The number of nitrogen functional groups attached to an aromatic ring is 1. The smallest absolute Gasteiger partial charge is 0.282 e. The number of aliphatic hydroxyl groups excluding tert-OH is 2. The largest absolute Gasteiger partial charge is 0.394 e. The van der Waals surface area contributed by atoms with Gasteiger partial charge in [-0.25, -0.2) is 4.98 Å². The Morgan fingerprint density at radius 1 is 1.60 bits per heavy atom. The maximum atomic E-state index is 12.0. The molecule has 9 nitrogen and oxygen atoms in total. The molecule has 1 aliphatic rings. The van der Waals surface area contributed by atoms with Gasteiger partial charge in [-0.05, 0) is 0 Å². The molecular formula is C11H15N5O4. The van der Waals surface area contributed by atoms with Crippen LogP contribution in [0.3, 0.4) is 0 Å². The molecule has 1 saturated heterocycles. The van der Waals surface area contributed by atoms with E-state index < -0.39 is 18.4 Å². The van der Waals surface area contributed by atoms with Gasteiger partial charge in [-0.1, -0.05) is 0 Å². The summed E-state index contributed by atoms with van der Waals surface area (Å²) in [6.07, 6.45) is -0.248. The maximum absolute atomic E-state index is 12.0. The van der Waals surface area contributed by atoms with Gasteiger partial charge < -0.3 is 20.7 Å². The maximum Gasteiger partial charge on any atom is 0.282 e. The molecule has 1 unspecified atom stereocenters. The molecule has 9 heteroatoms. The second-order valence-electron chi connectivity index (χ2n) is 4.77. The first-order chi connectivity index (χ1) is 9.52. The molecule has 0 spiro atoms. The number of rotatable bonds is 2. The zero-order valence-corrected chi connectivity index (χ0v) is 10.8. The number of ether oxygens (including phenoxy) is 1. The third-order valence-corrected chi connectivity index (χ3v) is 3.53. The van der Waals surface area contributed by atoms with E-state index in [1.807, 2.05) is 0 Å². The Bertz CT molecular complexity index is 709. The molecule has 2 aromatic heterocycles. The van der Waals surface area contributed by atoms with Crippen LogP contribution in [0.1, 0.15) is 12.6 Å². The zero-order valence-electron chi connectivity index (χ0n) is 10.8. The highest BCUT2D eigenvalue weighted by Crippen LogP contribution is 2.30. The van der Waals surface area contributed by atoms with E-state index in [0.29, 0.717) is 5.65 Å². The lowest BCUT2D eigenvalue weighted by Crippen LogP contribution is -2.24. The summed E-state index contributed by atoms with van der Waals surface area (Å²) in [6, 6.07) is 0. The second-order valence-corrected chi connectivity index (χ2v) is 4.77. The summed E-state index contributed by atoms with van der Waals surface area (Å²) in [5.41, 5.74) is 5.82. The molecule has 1 aliphatic heterocycles. The average molecular weight is 281 g/mol. The summed E-state index contributed by atoms with van der Waals surface area (Å²) in [5, 5.41) is 18.8. The van der Waals surface area contributed by atoms with Crippen LogP contribution in [-0.2, 0) is 11.8 Å². The van der Waals surface area contributed by atoms with Crippen LogP contribution in [0.25, 0.3) is 11.2 Å². The zero-order chi connectivity index (χ0) is 14.4. The summed E-state index contributed by atoms with van der Waals surface area (Å²) in [6.45, 7) is -0.276. The molecule has 20 heavy (non-hydrogen) atoms. The van der Waals surface area contributed by atoms with Gasteiger partial charge in [0, 0.05) is 13.5 Å². The third kappa shape index (κ3) is 1.79. The van der Waals surface area contributed by atoms with Crippen molar-refractivity contribution >= 4 is 17.1 Å². The van der Waals surface area contributed by atoms with E-state index in [4.69, 9.17) is 15.6 Å². The summed E-state index contributed by atoms with van der Waals surface area (Å²) in [5.74, 6) is 0.0708. The minimum absolute atomic E-state index is 0.0708. The molecule has 0 amide bonds. The molecular weight excluding hydrogens is 266 g/mol. The lowest BCUT2D eigenvalue weighted by Gasteiger charge is -2.13. The molecule has 108 valence electrons. The van der Waals surface area contributed by atoms with Crippen molar-refractivity contribution in [2.24, 2.45) is 7.05 Å². The van der Waals surface area contributed by atoms with E-state index in [2.05, 4.69) is 9.97 Å². The summed E-state index contributed by atoms with van der Waals surface area (Å²) < 4.78 is 8.28. The number of nitrogens with two attached hydrogens (primary N) is 1. The molecule has 0 bridgehead atoms. The Kier molecular flexibility index (Phi) is 2.96. The Hall–Kier alpha value is -1.97. The van der Waals surface area contributed by atoms with Gasteiger partial charge in [0.1, 0.15) is 12.3 Å². The molecule has 0 saturated carbocycles. The van der Waals surface area contributed by atoms with Crippen LogP contribution < -0.4 is 11.3 Å². The second kappa shape index (κ2) is 4.54. The van der Waals surface area contributed by atoms with Crippen molar-refractivity contribution in [1.29, 1.82) is 0 Å². The molecule has 2 aromatic rings. The SMILES string of the molecule is Cn1c(N)nc2c(ncn2[C@H]2CC(O)[C@@H](CO)O2)c1=O. The van der Waals surface area contributed by atoms with Gasteiger partial charge in [-0.3, -0.25) is 13.9 Å². The fourth-order valence-electron chi connectivity index (χ4n) is 2.32. The van der Waals surface area contributed by atoms with Crippen molar-refractivity contribution in [2.45, 2.75) is 24.9 Å². The summed E-state index contributed by atoms with van der Waals surface area (Å²) in [4.78, 5) is 20.2. The summed E-state index contributed by atoms with van der Waals surface area (Å²) in [7, 11) is 1.51. The van der Waals surface area contributed by atoms with E-state index in [-0.39, 0.29) is 30.1 Å². The molecule has 0 radical (unpaired) electrons. The number of fused-ring (bicyclic) bond motifs is 1. The third-order valence-electron chi connectivity index (χ3n) is 3.53. The number of hydrogen-bond donors (Lipinski definition) is 3. The predicted molar refractivity (Wildman–Crippen MR) is 68.8 cm³/mol. The monoisotopic (exact) mass is 281 g/mol. The van der Waals surface area contributed by atoms with Crippen molar-refractivity contribution in [1.82, 2.24) is 19.1 Å². The minimum Gasteiger partial charge on any atom is -0.394 e. The van der Waals surface area contributed by atoms with E-state index >= 15 is 0 Å². The topological polar surface area (TPSA) is 128 Å². The Morgan fingerprint density at radius 2 is 2.35 bits per heavy atom. The average Bonchev–Trinajstić information content (AvgIpc) is 2.99. The van der Waals surface area contributed by atoms with Crippen LogP contribution in [0.4, 0.5) is 5.95 Å². The van der Waals surface area contributed by atoms with Gasteiger partial charge in [0.05, 0.1) is 19.0 Å². The Balaban J connectivity index is 2.08. The van der Waals surface area contributed by atoms with Gasteiger partial charge >= 0.3 is 0 Å². The van der Waals surface area contributed by atoms with Crippen molar-refractivity contribution in [3.63, 3.8) is 0 Å². The highest BCUT2D eigenvalue weighted by molar-refractivity contribution is 5.70. The number of imidazole rings is 1. The van der Waals surface area contributed by atoms with E-state index in [0.717, 1.165) is 0 Å². The molecule has 4 N–H and O–H groups in total. The van der Waals surface area contributed by atoms with E-state index in [1.54, 1.807) is 4.57 Å². The van der Waals surface area contributed by atoms with Gasteiger partial charge in [0.15, 0.2) is 11.2 Å². The van der Waals surface area contributed by atoms with Crippen LogP contribution in [-0.4, -0.2) is 48.1 Å². The van der Waals surface area contributed by atoms with Gasteiger partial charge in [-0.2, -0.15) is 4.98 Å². The number of nitrogens with zero attached hydrogens (tertiary/aromatic N) is 4. The molecule has 3 atom stereocenters. The Morgan fingerprint density at radius 3 is 3.00 bits per heavy atom. The van der Waals surface area contributed by atoms with Gasteiger partial charge in [0.25, 0.3) is 5.56 Å². The first kappa shape index (κ1) is 13.0. The molecule has 0 aromatic carbocycles. The van der Waals surface area contributed by atoms with Crippen LogP contribution in [0.2, 0.25) is 0 Å². The highest BCUT2D eigenvalue weighted by atomic mass is 16.5. The van der Waals surface area contributed by atoms with Gasteiger partial charge in [0.2, 0.25) is 5.95 Å². The number of hydrogen-bond acceptors (Lipinski definition) is 7. The van der Waals surface area contributed by atoms with Crippen molar-refractivity contribution < 1.29 is 14.9 Å². The minimum atomic E-state index is -0.772. The normalized spacial score (nSPS) is 26.4. The van der Waals surface area contributed by atoms with Gasteiger partial charge in [-0.15, -0.1) is 0 Å². The van der Waals surface area contributed by atoms with Crippen LogP contribution >= 0.6 is 0 Å². The molecule has 3 heterocycles. The fourth-order valence-corrected chi connectivity index (χ4v) is 2.32. The first-order valence-electron chi connectivity index (χ1n) is 6.16. The lowest BCUT2D eigenvalue weighted by atomic mass is 10.2. The molecule has 3 rings (SSSR count). The van der Waals surface area contributed by atoms with Crippen molar-refractivity contribution in [2.75, 3.05) is 12.3 Å². The molecule has 0 aliphatic carbocycles. The number of anilines is 1. The summed E-state index contributed by atoms with van der Waals surface area (Å²) >= 11 is 0. The quantitative estimate of drug-likeness (QED) is 0.601.